The van der Waals surface area contributed by atoms with Gasteiger partial charge in [-0.05, 0) is 29.9 Å². The first-order valence-corrected chi connectivity index (χ1v) is 4.98. The van der Waals surface area contributed by atoms with Gasteiger partial charge in [-0.3, -0.25) is 0 Å². The van der Waals surface area contributed by atoms with Crippen molar-refractivity contribution < 1.29 is 0 Å². The second kappa shape index (κ2) is 3.73. The molecule has 0 aliphatic carbocycles. The first kappa shape index (κ1) is 9.28. The molecule has 0 N–H and O–H groups in total. The summed E-state index contributed by atoms with van der Waals surface area (Å²) in [5.74, 6) is 0.472. The number of thiophene rings is 1. The number of hydrogen-bond acceptors (Lipinski definition) is 2. The van der Waals surface area contributed by atoms with Crippen molar-refractivity contribution in [3.05, 3.63) is 21.9 Å². The van der Waals surface area contributed by atoms with Crippen molar-refractivity contribution in [3.63, 3.8) is 0 Å². The van der Waals surface area contributed by atoms with Crippen LogP contribution in [0.4, 0.5) is 0 Å². The zero-order chi connectivity index (χ0) is 9.14. The van der Waals surface area contributed by atoms with Crippen LogP contribution in [0.3, 0.4) is 0 Å². The van der Waals surface area contributed by atoms with E-state index >= 15 is 0 Å². The predicted octanol–water partition coefficient (Wildman–Crippen LogP) is 3.32. The molecule has 2 heteroatoms. The standard InChI is InChI=1S/C10H13NS/c1-7(2)10(6-11)9-4-5-12-8(9)3/h4-5,7,10H,1-3H3. The summed E-state index contributed by atoms with van der Waals surface area (Å²) in [6.45, 7) is 6.25. The molecule has 0 saturated heterocycles. The summed E-state index contributed by atoms with van der Waals surface area (Å²) >= 11 is 1.71. The van der Waals surface area contributed by atoms with Gasteiger partial charge in [0.2, 0.25) is 0 Å². The van der Waals surface area contributed by atoms with Gasteiger partial charge in [0.25, 0.3) is 0 Å². The Hall–Kier alpha value is -0.810. The van der Waals surface area contributed by atoms with E-state index in [1.807, 2.05) is 0 Å². The summed E-state index contributed by atoms with van der Waals surface area (Å²) in [5, 5.41) is 11.0. The smallest absolute Gasteiger partial charge is 0.0746 e. The Balaban J connectivity index is 2.97. The molecular weight excluding hydrogens is 166 g/mol. The average Bonchev–Trinajstić information content (AvgIpc) is 2.38. The molecule has 0 amide bonds. The molecule has 0 aromatic carbocycles. The van der Waals surface area contributed by atoms with Crippen molar-refractivity contribution in [1.29, 1.82) is 5.26 Å². The number of aryl methyl sites for hydroxylation is 1. The summed E-state index contributed by atoms with van der Waals surface area (Å²) in [5.41, 5.74) is 1.21. The van der Waals surface area contributed by atoms with E-state index in [-0.39, 0.29) is 5.92 Å². The van der Waals surface area contributed by atoms with Gasteiger partial charge in [-0.1, -0.05) is 13.8 Å². The average molecular weight is 179 g/mol. The molecular formula is C10H13NS. The molecule has 0 spiro atoms. The molecule has 0 radical (unpaired) electrons. The Morgan fingerprint density at radius 1 is 1.50 bits per heavy atom. The van der Waals surface area contributed by atoms with Crippen LogP contribution in [-0.4, -0.2) is 0 Å². The summed E-state index contributed by atoms with van der Waals surface area (Å²) in [4.78, 5) is 1.27. The molecule has 0 aliphatic rings. The summed E-state index contributed by atoms with van der Waals surface area (Å²) < 4.78 is 0. The van der Waals surface area contributed by atoms with Crippen molar-refractivity contribution >= 4 is 11.3 Å². The molecule has 1 unspecified atom stereocenters. The minimum Gasteiger partial charge on any atom is -0.198 e. The van der Waals surface area contributed by atoms with Crippen LogP contribution >= 0.6 is 11.3 Å². The number of rotatable bonds is 2. The second-order valence-electron chi connectivity index (χ2n) is 3.28. The fourth-order valence-electron chi connectivity index (χ4n) is 1.30. The first-order chi connectivity index (χ1) is 5.66. The molecule has 0 fully saturated rings. The second-order valence-corrected chi connectivity index (χ2v) is 4.40. The Labute approximate surface area is 77.7 Å². The highest BCUT2D eigenvalue weighted by atomic mass is 32.1. The van der Waals surface area contributed by atoms with Gasteiger partial charge in [-0.15, -0.1) is 11.3 Å². The molecule has 64 valence electrons. The van der Waals surface area contributed by atoms with Crippen LogP contribution < -0.4 is 0 Å². The van der Waals surface area contributed by atoms with E-state index in [1.54, 1.807) is 11.3 Å². The first-order valence-electron chi connectivity index (χ1n) is 4.10. The Morgan fingerprint density at radius 2 is 2.17 bits per heavy atom. The Morgan fingerprint density at radius 3 is 2.50 bits per heavy atom. The minimum atomic E-state index is 0.0660. The SMILES string of the molecule is Cc1sccc1C(C#N)C(C)C. The third-order valence-corrected chi connectivity index (χ3v) is 2.90. The normalized spacial score (nSPS) is 12.9. The fourth-order valence-corrected chi connectivity index (χ4v) is 2.05. The molecule has 1 heterocycles. The maximum atomic E-state index is 8.95. The van der Waals surface area contributed by atoms with Gasteiger partial charge in [-0.25, -0.2) is 0 Å². The molecule has 12 heavy (non-hydrogen) atoms. The zero-order valence-electron chi connectivity index (χ0n) is 7.66. The van der Waals surface area contributed by atoms with E-state index in [4.69, 9.17) is 5.26 Å². The van der Waals surface area contributed by atoms with Gasteiger partial charge in [0.05, 0.1) is 12.0 Å². The van der Waals surface area contributed by atoms with Crippen LogP contribution in [-0.2, 0) is 0 Å². The molecule has 1 aromatic heterocycles. The third-order valence-electron chi connectivity index (χ3n) is 2.04. The predicted molar refractivity (Wildman–Crippen MR) is 52.2 cm³/mol. The lowest BCUT2D eigenvalue weighted by molar-refractivity contribution is 0.587. The monoisotopic (exact) mass is 179 g/mol. The van der Waals surface area contributed by atoms with Crippen LogP contribution in [0.15, 0.2) is 11.4 Å². The van der Waals surface area contributed by atoms with Gasteiger partial charge in [0, 0.05) is 4.88 Å². The maximum absolute atomic E-state index is 8.95. The number of hydrogen-bond donors (Lipinski definition) is 0. The summed E-state index contributed by atoms with van der Waals surface area (Å²) in [7, 11) is 0. The maximum Gasteiger partial charge on any atom is 0.0746 e. The zero-order valence-corrected chi connectivity index (χ0v) is 8.48. The number of nitrogens with zero attached hydrogens (tertiary/aromatic N) is 1. The number of nitriles is 1. The van der Waals surface area contributed by atoms with Crippen molar-refractivity contribution in [2.75, 3.05) is 0 Å². The van der Waals surface area contributed by atoms with Gasteiger partial charge in [0.1, 0.15) is 0 Å². The molecule has 1 atom stereocenters. The summed E-state index contributed by atoms with van der Waals surface area (Å²) in [6.07, 6.45) is 0. The lowest BCUT2D eigenvalue weighted by atomic mass is 9.90. The van der Waals surface area contributed by atoms with Crippen molar-refractivity contribution in [2.24, 2.45) is 5.92 Å². The lowest BCUT2D eigenvalue weighted by Gasteiger charge is -2.11. The molecule has 1 rings (SSSR count). The van der Waals surface area contributed by atoms with Gasteiger partial charge in [0.15, 0.2) is 0 Å². The van der Waals surface area contributed by atoms with Crippen LogP contribution in [0.25, 0.3) is 0 Å². The molecule has 0 aliphatic heterocycles. The highest BCUT2D eigenvalue weighted by Gasteiger charge is 2.17. The van der Waals surface area contributed by atoms with E-state index in [9.17, 15) is 0 Å². The van der Waals surface area contributed by atoms with Crippen LogP contribution in [0, 0.1) is 24.2 Å². The van der Waals surface area contributed by atoms with Crippen molar-refractivity contribution in [3.8, 4) is 6.07 Å². The largest absolute Gasteiger partial charge is 0.198 e. The molecule has 1 aromatic rings. The van der Waals surface area contributed by atoms with Crippen LogP contribution in [0.2, 0.25) is 0 Å². The van der Waals surface area contributed by atoms with E-state index in [0.29, 0.717) is 5.92 Å². The van der Waals surface area contributed by atoms with Crippen LogP contribution in [0.1, 0.15) is 30.2 Å². The lowest BCUT2D eigenvalue weighted by Crippen LogP contribution is -2.03. The van der Waals surface area contributed by atoms with E-state index in [0.717, 1.165) is 0 Å². The van der Waals surface area contributed by atoms with Crippen molar-refractivity contribution in [2.45, 2.75) is 26.7 Å². The van der Waals surface area contributed by atoms with E-state index in [2.05, 4.69) is 38.3 Å². The Kier molecular flexibility index (Phi) is 2.88. The Bertz CT molecular complexity index is 293. The van der Waals surface area contributed by atoms with Gasteiger partial charge < -0.3 is 0 Å². The molecule has 0 bridgehead atoms. The molecule has 0 saturated carbocycles. The van der Waals surface area contributed by atoms with Crippen molar-refractivity contribution in [1.82, 2.24) is 0 Å². The highest BCUT2D eigenvalue weighted by molar-refractivity contribution is 7.10. The third kappa shape index (κ3) is 1.67. The van der Waals surface area contributed by atoms with Gasteiger partial charge >= 0.3 is 0 Å². The topological polar surface area (TPSA) is 23.8 Å². The van der Waals surface area contributed by atoms with E-state index in [1.165, 1.54) is 10.4 Å². The van der Waals surface area contributed by atoms with E-state index < -0.39 is 0 Å². The summed E-state index contributed by atoms with van der Waals surface area (Å²) in [6, 6.07) is 4.41. The quantitative estimate of drug-likeness (QED) is 0.683. The fraction of sp³-hybridized carbons (Fsp3) is 0.500. The minimum absolute atomic E-state index is 0.0660. The van der Waals surface area contributed by atoms with Gasteiger partial charge in [-0.2, -0.15) is 5.26 Å². The van der Waals surface area contributed by atoms with Crippen LogP contribution in [0.5, 0.6) is 0 Å². The molecule has 1 nitrogen and oxygen atoms in total. The highest BCUT2D eigenvalue weighted by Crippen LogP contribution is 2.29.